The van der Waals surface area contributed by atoms with Crippen LogP contribution in [0.3, 0.4) is 0 Å². The Bertz CT molecular complexity index is 2180. The molecule has 0 aliphatic carbocycles. The maximum Gasteiger partial charge on any atom is 0.338 e. The van der Waals surface area contributed by atoms with E-state index in [0.29, 0.717) is 12.2 Å². The summed E-state index contributed by atoms with van der Waals surface area (Å²) in [6, 6.07) is 58.3. The SMILES string of the molecule is O=C(OC1C(OCc2ccccc2)COC(OC2COC(OCc3ccccc3)C(OCc3ccccc3)C2OCc2ccccc2)C1OCc1ccccc1)c1ccccc1. The van der Waals surface area contributed by atoms with Crippen molar-refractivity contribution in [1.82, 2.24) is 0 Å². The van der Waals surface area contributed by atoms with Crippen molar-refractivity contribution in [3.8, 4) is 0 Å². The Labute approximate surface area is 363 Å². The van der Waals surface area contributed by atoms with E-state index >= 15 is 0 Å². The summed E-state index contributed by atoms with van der Waals surface area (Å²) < 4.78 is 59.6. The van der Waals surface area contributed by atoms with Crippen molar-refractivity contribution < 1.29 is 47.4 Å². The monoisotopic (exact) mass is 836 g/mol. The number of rotatable bonds is 19. The van der Waals surface area contributed by atoms with Crippen LogP contribution in [-0.2, 0) is 75.7 Å². The van der Waals surface area contributed by atoms with E-state index in [-0.39, 0.29) is 39.6 Å². The molecule has 8 unspecified atom stereocenters. The van der Waals surface area contributed by atoms with Gasteiger partial charge in [-0.25, -0.2) is 4.79 Å². The summed E-state index contributed by atoms with van der Waals surface area (Å²) in [7, 11) is 0. The molecule has 8 atom stereocenters. The molecule has 2 heterocycles. The van der Waals surface area contributed by atoms with Gasteiger partial charge < -0.3 is 42.6 Å². The molecule has 2 saturated heterocycles. The van der Waals surface area contributed by atoms with Crippen LogP contribution in [0.5, 0.6) is 0 Å². The van der Waals surface area contributed by atoms with Crippen LogP contribution in [0.25, 0.3) is 0 Å². The third-order valence-corrected chi connectivity index (χ3v) is 10.7. The van der Waals surface area contributed by atoms with Gasteiger partial charge in [0, 0.05) is 0 Å². The molecule has 62 heavy (non-hydrogen) atoms. The Morgan fingerprint density at radius 1 is 0.387 bits per heavy atom. The zero-order valence-corrected chi connectivity index (χ0v) is 34.5. The number of hydrogen-bond acceptors (Lipinski definition) is 10. The van der Waals surface area contributed by atoms with Crippen molar-refractivity contribution in [1.29, 1.82) is 0 Å². The number of benzene rings is 6. The van der Waals surface area contributed by atoms with Crippen molar-refractivity contribution in [2.24, 2.45) is 0 Å². The molecule has 0 saturated carbocycles. The van der Waals surface area contributed by atoms with Gasteiger partial charge in [0.25, 0.3) is 0 Å². The van der Waals surface area contributed by atoms with Crippen molar-refractivity contribution in [2.75, 3.05) is 13.2 Å². The van der Waals surface area contributed by atoms with Gasteiger partial charge in [-0.15, -0.1) is 0 Å². The van der Waals surface area contributed by atoms with E-state index in [1.54, 1.807) is 24.3 Å². The van der Waals surface area contributed by atoms with E-state index in [9.17, 15) is 4.79 Å². The minimum atomic E-state index is -1.04. The fourth-order valence-corrected chi connectivity index (χ4v) is 7.47. The van der Waals surface area contributed by atoms with Crippen LogP contribution in [-0.4, -0.2) is 68.4 Å². The van der Waals surface area contributed by atoms with Gasteiger partial charge in [0.2, 0.25) is 0 Å². The number of carbonyl (C=O) groups excluding carboxylic acids is 1. The number of esters is 1. The molecule has 6 aromatic rings. The van der Waals surface area contributed by atoms with Gasteiger partial charge in [-0.05, 0) is 39.9 Å². The maximum atomic E-state index is 13.9. The third-order valence-electron chi connectivity index (χ3n) is 10.7. The van der Waals surface area contributed by atoms with Gasteiger partial charge >= 0.3 is 5.97 Å². The smallest absolute Gasteiger partial charge is 0.338 e. The van der Waals surface area contributed by atoms with Gasteiger partial charge in [-0.1, -0.05) is 170 Å². The van der Waals surface area contributed by atoms with Crippen LogP contribution in [0.2, 0.25) is 0 Å². The molecular formula is C52H52O10. The highest BCUT2D eigenvalue weighted by molar-refractivity contribution is 5.89. The number of carbonyl (C=O) groups is 1. The normalized spacial score (nSPS) is 23.7. The van der Waals surface area contributed by atoms with Crippen LogP contribution >= 0.6 is 0 Å². The lowest BCUT2D eigenvalue weighted by Crippen LogP contribution is -2.62. The lowest BCUT2D eigenvalue weighted by molar-refractivity contribution is -0.346. The van der Waals surface area contributed by atoms with Crippen LogP contribution in [0.1, 0.15) is 38.2 Å². The molecule has 6 aromatic carbocycles. The van der Waals surface area contributed by atoms with E-state index in [0.717, 1.165) is 27.8 Å². The average Bonchev–Trinajstić information content (AvgIpc) is 3.34. The largest absolute Gasteiger partial charge is 0.453 e. The molecule has 2 aliphatic heterocycles. The predicted molar refractivity (Wildman–Crippen MR) is 231 cm³/mol. The molecule has 0 aromatic heterocycles. The summed E-state index contributed by atoms with van der Waals surface area (Å²) in [6.45, 7) is 1.43. The highest BCUT2D eigenvalue weighted by Crippen LogP contribution is 2.33. The van der Waals surface area contributed by atoms with Gasteiger partial charge in [0.1, 0.15) is 30.5 Å². The molecule has 0 amide bonds. The summed E-state index contributed by atoms with van der Waals surface area (Å²) in [6.07, 6.45) is -6.60. The Morgan fingerprint density at radius 2 is 0.742 bits per heavy atom. The van der Waals surface area contributed by atoms with Gasteiger partial charge in [-0.3, -0.25) is 0 Å². The lowest BCUT2D eigenvalue weighted by Gasteiger charge is -2.46. The molecule has 0 spiro atoms. The van der Waals surface area contributed by atoms with E-state index < -0.39 is 55.2 Å². The second-order valence-corrected chi connectivity index (χ2v) is 15.2. The maximum absolute atomic E-state index is 13.9. The van der Waals surface area contributed by atoms with Crippen LogP contribution in [0.4, 0.5) is 0 Å². The molecule has 2 fully saturated rings. The molecule has 0 radical (unpaired) electrons. The van der Waals surface area contributed by atoms with E-state index in [1.807, 2.05) is 158 Å². The van der Waals surface area contributed by atoms with Crippen LogP contribution < -0.4 is 0 Å². The minimum absolute atomic E-state index is 0.0509. The van der Waals surface area contributed by atoms with Crippen LogP contribution in [0.15, 0.2) is 182 Å². The molecule has 320 valence electrons. The minimum Gasteiger partial charge on any atom is -0.453 e. The number of ether oxygens (including phenoxy) is 9. The van der Waals surface area contributed by atoms with Gasteiger partial charge in [0.05, 0.1) is 51.8 Å². The van der Waals surface area contributed by atoms with Gasteiger partial charge in [-0.2, -0.15) is 0 Å². The van der Waals surface area contributed by atoms with Crippen molar-refractivity contribution in [2.45, 2.75) is 82.2 Å². The number of hydrogen-bond donors (Lipinski definition) is 0. The molecule has 0 N–H and O–H groups in total. The quantitative estimate of drug-likeness (QED) is 0.0736. The summed E-state index contributed by atoms with van der Waals surface area (Å²) in [4.78, 5) is 13.9. The Kier molecular flexibility index (Phi) is 15.7. The first-order chi connectivity index (χ1) is 30.7. The summed E-state index contributed by atoms with van der Waals surface area (Å²) in [5, 5.41) is 0. The average molecular weight is 837 g/mol. The highest BCUT2D eigenvalue weighted by Gasteiger charge is 2.50. The molecular weight excluding hydrogens is 785 g/mol. The molecule has 8 rings (SSSR count). The highest BCUT2D eigenvalue weighted by atomic mass is 16.8. The summed E-state index contributed by atoms with van der Waals surface area (Å²) in [5.74, 6) is -0.518. The fourth-order valence-electron chi connectivity index (χ4n) is 7.47. The molecule has 0 bridgehead atoms. The zero-order chi connectivity index (χ0) is 42.2. The molecule has 10 heteroatoms. The van der Waals surface area contributed by atoms with E-state index in [4.69, 9.17) is 42.6 Å². The lowest BCUT2D eigenvalue weighted by atomic mass is 10.0. The van der Waals surface area contributed by atoms with Crippen LogP contribution in [0, 0.1) is 0 Å². The summed E-state index contributed by atoms with van der Waals surface area (Å²) >= 11 is 0. The second-order valence-electron chi connectivity index (χ2n) is 15.2. The van der Waals surface area contributed by atoms with Crippen molar-refractivity contribution >= 4 is 5.97 Å². The molecule has 10 nitrogen and oxygen atoms in total. The van der Waals surface area contributed by atoms with Gasteiger partial charge in [0.15, 0.2) is 18.7 Å². The zero-order valence-electron chi connectivity index (χ0n) is 34.5. The topological polar surface area (TPSA) is 100 Å². The Balaban J connectivity index is 1.10. The Morgan fingerprint density at radius 3 is 1.21 bits per heavy atom. The standard InChI is InChI=1S/C52H52O10/c53-50(43-29-17-6-18-30-43)62-47-44(54-31-38-19-7-1-8-20-38)36-60-52(49(47)57-34-41-25-13-4-14-26-41)61-45-37-59-51(58-35-42-27-15-5-16-28-42)48(56-33-40-23-11-3-12-24-40)46(45)55-32-39-21-9-2-10-22-39/h1-30,44-49,51-52H,31-37H2. The third kappa shape index (κ3) is 12.1. The summed E-state index contributed by atoms with van der Waals surface area (Å²) in [5.41, 5.74) is 5.23. The first-order valence-electron chi connectivity index (χ1n) is 21.1. The molecule has 2 aliphatic rings. The first-order valence-corrected chi connectivity index (χ1v) is 21.1. The van der Waals surface area contributed by atoms with Crippen molar-refractivity contribution in [3.63, 3.8) is 0 Å². The van der Waals surface area contributed by atoms with E-state index in [2.05, 4.69) is 0 Å². The predicted octanol–water partition coefficient (Wildman–Crippen LogP) is 8.87. The Hall–Kier alpha value is -5.53. The first kappa shape index (κ1) is 43.1. The van der Waals surface area contributed by atoms with E-state index in [1.165, 1.54) is 0 Å². The fraction of sp³-hybridized carbons (Fsp3) is 0.288. The second kappa shape index (κ2) is 22.5. The van der Waals surface area contributed by atoms with Crippen molar-refractivity contribution in [3.05, 3.63) is 215 Å².